The van der Waals surface area contributed by atoms with E-state index >= 15 is 0 Å². The smallest absolute Gasteiger partial charge is 0.296 e. The Morgan fingerprint density at radius 1 is 1.08 bits per heavy atom. The summed E-state index contributed by atoms with van der Waals surface area (Å²) in [4.78, 5) is 46.2. The standard InChI is InChI=1S/C28H31N3O6/c1-18-17-19(9-10-22(18)36-3)24(32)23-25(33)26(34)31(12-6-11-30-13-15-37-16-14-30)28(23)20-7-4-5-8-21(20)29(2)27(28)35/h4-5,7-10,17,32H,6,11-16H2,1-3H3/b24-23+. The van der Waals surface area contributed by atoms with Crippen molar-refractivity contribution < 1.29 is 29.0 Å². The lowest BCUT2D eigenvalue weighted by Crippen LogP contribution is -2.52. The molecule has 2 aromatic carbocycles. The van der Waals surface area contributed by atoms with Gasteiger partial charge in [-0.05, 0) is 43.2 Å². The molecule has 0 radical (unpaired) electrons. The molecule has 5 rings (SSSR count). The number of Topliss-reactive ketones (excluding diaryl/α,β-unsaturated/α-hetero) is 1. The summed E-state index contributed by atoms with van der Waals surface area (Å²) < 4.78 is 10.7. The second-order valence-corrected chi connectivity index (χ2v) is 9.59. The van der Waals surface area contributed by atoms with Crippen LogP contribution in [0.15, 0.2) is 48.0 Å². The van der Waals surface area contributed by atoms with Crippen LogP contribution in [-0.4, -0.2) is 86.1 Å². The van der Waals surface area contributed by atoms with Crippen molar-refractivity contribution in [2.24, 2.45) is 0 Å². The molecular weight excluding hydrogens is 474 g/mol. The van der Waals surface area contributed by atoms with E-state index < -0.39 is 23.1 Å². The molecule has 2 fully saturated rings. The molecule has 1 N–H and O–H groups in total. The van der Waals surface area contributed by atoms with E-state index in [4.69, 9.17) is 9.47 Å². The van der Waals surface area contributed by atoms with Crippen LogP contribution in [0.25, 0.3) is 5.76 Å². The Bertz CT molecular complexity index is 1300. The topological polar surface area (TPSA) is 99.6 Å². The van der Waals surface area contributed by atoms with Crippen LogP contribution in [0.3, 0.4) is 0 Å². The fourth-order valence-electron chi connectivity index (χ4n) is 5.72. The first-order valence-corrected chi connectivity index (χ1v) is 12.4. The predicted molar refractivity (Wildman–Crippen MR) is 137 cm³/mol. The van der Waals surface area contributed by atoms with Gasteiger partial charge in [0.25, 0.3) is 17.6 Å². The van der Waals surface area contributed by atoms with Gasteiger partial charge in [-0.25, -0.2) is 0 Å². The van der Waals surface area contributed by atoms with Crippen molar-refractivity contribution in [2.45, 2.75) is 18.9 Å². The van der Waals surface area contributed by atoms with Gasteiger partial charge < -0.3 is 24.4 Å². The van der Waals surface area contributed by atoms with E-state index in [1.165, 1.54) is 9.80 Å². The molecule has 9 nitrogen and oxygen atoms in total. The maximum Gasteiger partial charge on any atom is 0.296 e. The van der Waals surface area contributed by atoms with Gasteiger partial charge in [-0.1, -0.05) is 18.2 Å². The number of likely N-dealkylation sites (N-methyl/N-ethyl adjacent to an activating group) is 1. The van der Waals surface area contributed by atoms with E-state index in [1.54, 1.807) is 56.6 Å². The van der Waals surface area contributed by atoms with Crippen molar-refractivity contribution in [3.8, 4) is 5.75 Å². The maximum atomic E-state index is 14.1. The molecule has 0 bridgehead atoms. The average Bonchev–Trinajstić information content (AvgIpc) is 3.27. The van der Waals surface area contributed by atoms with Crippen molar-refractivity contribution >= 4 is 29.0 Å². The Morgan fingerprint density at radius 2 is 1.81 bits per heavy atom. The number of hydrogen-bond donors (Lipinski definition) is 1. The van der Waals surface area contributed by atoms with Crippen molar-refractivity contribution in [3.63, 3.8) is 0 Å². The Balaban J connectivity index is 1.64. The highest BCUT2D eigenvalue weighted by Gasteiger charge is 2.66. The van der Waals surface area contributed by atoms with E-state index in [0.717, 1.165) is 18.7 Å². The van der Waals surface area contributed by atoms with Crippen LogP contribution >= 0.6 is 0 Å². The molecule has 3 heterocycles. The molecule has 2 aromatic rings. The number of ether oxygens (including phenoxy) is 2. The van der Waals surface area contributed by atoms with Gasteiger partial charge in [0.1, 0.15) is 11.5 Å². The van der Waals surface area contributed by atoms with Gasteiger partial charge in [0, 0.05) is 50.0 Å². The quantitative estimate of drug-likeness (QED) is 0.365. The minimum atomic E-state index is -1.73. The molecule has 1 spiro atoms. The van der Waals surface area contributed by atoms with Gasteiger partial charge in [0.05, 0.1) is 25.9 Å². The normalized spacial score (nSPS) is 23.3. The van der Waals surface area contributed by atoms with Gasteiger partial charge in [0.15, 0.2) is 5.54 Å². The summed E-state index contributed by atoms with van der Waals surface area (Å²) >= 11 is 0. The van der Waals surface area contributed by atoms with Crippen LogP contribution < -0.4 is 9.64 Å². The zero-order valence-electron chi connectivity index (χ0n) is 21.3. The van der Waals surface area contributed by atoms with Gasteiger partial charge in [-0.3, -0.25) is 19.3 Å². The van der Waals surface area contributed by atoms with E-state index in [2.05, 4.69) is 4.90 Å². The number of ketones is 1. The van der Waals surface area contributed by atoms with E-state index in [1.807, 2.05) is 6.92 Å². The number of carbonyl (C=O) groups is 3. The van der Waals surface area contributed by atoms with Crippen molar-refractivity contribution in [3.05, 3.63) is 64.7 Å². The summed E-state index contributed by atoms with van der Waals surface area (Å²) in [5, 5.41) is 11.5. The number of amides is 2. The highest BCUT2D eigenvalue weighted by Crippen LogP contribution is 2.53. The SMILES string of the molecule is COc1ccc(/C(O)=C2/C(=O)C(=O)N(CCCN3CCOCC3)C23C(=O)N(C)c2ccccc23)cc1C. The molecule has 194 valence electrons. The number of morpholine rings is 1. The minimum Gasteiger partial charge on any atom is -0.507 e. The average molecular weight is 506 g/mol. The van der Waals surface area contributed by atoms with Crippen molar-refractivity contribution in [1.29, 1.82) is 0 Å². The van der Waals surface area contributed by atoms with Crippen LogP contribution in [0.5, 0.6) is 5.75 Å². The number of carbonyl (C=O) groups excluding carboxylic acids is 3. The first-order valence-electron chi connectivity index (χ1n) is 12.4. The molecule has 0 aliphatic carbocycles. The molecule has 0 saturated carbocycles. The van der Waals surface area contributed by atoms with Gasteiger partial charge in [-0.2, -0.15) is 0 Å². The number of methoxy groups -OCH3 is 1. The Morgan fingerprint density at radius 3 is 2.51 bits per heavy atom. The van der Waals surface area contributed by atoms with Crippen LogP contribution in [0.1, 0.15) is 23.1 Å². The second kappa shape index (κ2) is 9.64. The summed E-state index contributed by atoms with van der Waals surface area (Å²) in [6.07, 6.45) is 0.565. The number of rotatable bonds is 6. The number of para-hydroxylation sites is 1. The summed E-state index contributed by atoms with van der Waals surface area (Å²) in [6, 6.07) is 12.1. The monoisotopic (exact) mass is 505 g/mol. The third-order valence-electron chi connectivity index (χ3n) is 7.57. The summed E-state index contributed by atoms with van der Waals surface area (Å²) in [6.45, 7) is 5.61. The minimum absolute atomic E-state index is 0.189. The van der Waals surface area contributed by atoms with E-state index in [-0.39, 0.29) is 17.9 Å². The first kappa shape index (κ1) is 25.0. The van der Waals surface area contributed by atoms with Crippen molar-refractivity contribution in [2.75, 3.05) is 58.5 Å². The van der Waals surface area contributed by atoms with Gasteiger partial charge in [0.2, 0.25) is 0 Å². The van der Waals surface area contributed by atoms with Crippen LogP contribution in [-0.2, 0) is 24.7 Å². The second-order valence-electron chi connectivity index (χ2n) is 9.59. The van der Waals surface area contributed by atoms with Crippen LogP contribution in [0, 0.1) is 6.92 Å². The lowest BCUT2D eigenvalue weighted by molar-refractivity contribution is -0.143. The number of aryl methyl sites for hydroxylation is 1. The number of nitrogens with zero attached hydrogens (tertiary/aromatic N) is 3. The van der Waals surface area contributed by atoms with E-state index in [9.17, 15) is 19.5 Å². The zero-order valence-corrected chi connectivity index (χ0v) is 21.3. The Hall–Kier alpha value is -3.69. The number of aliphatic hydroxyl groups excluding tert-OH is 1. The molecule has 1 atom stereocenters. The highest BCUT2D eigenvalue weighted by atomic mass is 16.5. The van der Waals surface area contributed by atoms with Crippen molar-refractivity contribution in [1.82, 2.24) is 9.80 Å². The number of hydrogen-bond acceptors (Lipinski definition) is 7. The summed E-state index contributed by atoms with van der Waals surface area (Å²) in [5.74, 6) is -1.84. The molecule has 3 aliphatic heterocycles. The molecule has 1 unspecified atom stereocenters. The molecular formula is C28H31N3O6. The van der Waals surface area contributed by atoms with E-state index in [0.29, 0.717) is 48.7 Å². The number of fused-ring (bicyclic) bond motifs is 2. The molecule has 3 aliphatic rings. The number of anilines is 1. The highest BCUT2D eigenvalue weighted by molar-refractivity contribution is 6.50. The third-order valence-corrected chi connectivity index (χ3v) is 7.57. The predicted octanol–water partition coefficient (Wildman–Crippen LogP) is 2.28. The fourth-order valence-corrected chi connectivity index (χ4v) is 5.72. The number of likely N-dealkylation sites (tertiary alicyclic amines) is 1. The number of aliphatic hydroxyl groups is 1. The lowest BCUT2D eigenvalue weighted by Gasteiger charge is -2.35. The molecule has 9 heteroatoms. The fraction of sp³-hybridized carbons (Fsp3) is 0.393. The maximum absolute atomic E-state index is 14.1. The zero-order chi connectivity index (χ0) is 26.3. The molecule has 0 aromatic heterocycles. The Kier molecular flexibility index (Phi) is 6.51. The molecule has 2 saturated heterocycles. The van der Waals surface area contributed by atoms with Crippen LogP contribution in [0.2, 0.25) is 0 Å². The van der Waals surface area contributed by atoms with Gasteiger partial charge >= 0.3 is 0 Å². The number of benzene rings is 2. The lowest BCUT2D eigenvalue weighted by atomic mass is 9.81. The summed E-state index contributed by atoms with van der Waals surface area (Å²) in [7, 11) is 3.18. The molecule has 37 heavy (non-hydrogen) atoms. The van der Waals surface area contributed by atoms with Crippen LogP contribution in [0.4, 0.5) is 5.69 Å². The van der Waals surface area contributed by atoms with Gasteiger partial charge in [-0.15, -0.1) is 0 Å². The largest absolute Gasteiger partial charge is 0.507 e. The first-order chi connectivity index (χ1) is 17.8. The third kappa shape index (κ3) is 3.81. The Labute approximate surface area is 215 Å². The summed E-state index contributed by atoms with van der Waals surface area (Å²) in [5.41, 5.74) is 0.265. The molecule has 2 amide bonds.